The van der Waals surface area contributed by atoms with Gasteiger partial charge in [0.2, 0.25) is 0 Å². The van der Waals surface area contributed by atoms with Gasteiger partial charge < -0.3 is 11.5 Å². The van der Waals surface area contributed by atoms with Crippen molar-refractivity contribution in [3.63, 3.8) is 0 Å². The number of hydrogen-bond acceptors (Lipinski definition) is 2. The van der Waals surface area contributed by atoms with Crippen LogP contribution in [0.5, 0.6) is 0 Å². The van der Waals surface area contributed by atoms with Crippen LogP contribution in [-0.2, 0) is 0 Å². The van der Waals surface area contributed by atoms with Gasteiger partial charge in [-0.05, 0) is 33.2 Å². The fraction of sp³-hybridized carbons (Fsp3) is 1.00. The molecule has 11 heavy (non-hydrogen) atoms. The maximum atomic E-state index is 5.67. The molecule has 0 fully saturated rings. The van der Waals surface area contributed by atoms with Gasteiger partial charge in [-0.1, -0.05) is 0 Å². The molecule has 0 amide bonds. The Labute approximate surface area is 87.7 Å². The quantitative estimate of drug-likeness (QED) is 0.769. The first-order valence-corrected chi connectivity index (χ1v) is 3.05. The van der Waals surface area contributed by atoms with E-state index in [0.717, 1.165) is 19.4 Å². The zero-order valence-corrected chi connectivity index (χ0v) is 9.45. The number of rotatable bonds is 3. The smallest absolute Gasteiger partial charge is 0.00975 e. The number of hydrogen-bond donors (Lipinski definition) is 2. The molecule has 5 heteroatoms. The number of halogens is 3. The fourth-order valence-electron chi connectivity index (χ4n) is 0.558. The largest absolute Gasteiger partial charge is 0.330 e. The van der Waals surface area contributed by atoms with Crippen molar-refractivity contribution in [2.75, 3.05) is 6.54 Å². The summed E-state index contributed by atoms with van der Waals surface area (Å²) in [4.78, 5) is 0. The van der Waals surface area contributed by atoms with Gasteiger partial charge in [0.25, 0.3) is 0 Å². The highest BCUT2D eigenvalue weighted by molar-refractivity contribution is 5.86. The molecule has 0 atom stereocenters. The van der Waals surface area contributed by atoms with E-state index in [4.69, 9.17) is 11.5 Å². The topological polar surface area (TPSA) is 52.0 Å². The van der Waals surface area contributed by atoms with Gasteiger partial charge in [-0.3, -0.25) is 0 Å². The normalized spacial score (nSPS) is 8.73. The van der Waals surface area contributed by atoms with E-state index in [1.54, 1.807) is 0 Å². The summed E-state index contributed by atoms with van der Waals surface area (Å²) in [5, 5.41) is 0. The van der Waals surface area contributed by atoms with Gasteiger partial charge in [-0.25, -0.2) is 0 Å². The minimum atomic E-state index is -0.0284. The average Bonchev–Trinajstić information content (AvgIpc) is 1.59. The van der Waals surface area contributed by atoms with Crippen LogP contribution in [0.25, 0.3) is 0 Å². The minimum absolute atomic E-state index is 0. The summed E-state index contributed by atoms with van der Waals surface area (Å²) in [5.74, 6) is 0. The standard InChI is InChI=1S/C6H16N2.3ClH/c1-6(2,8)4-3-5-7;;;/h3-5,7-8H2,1-2H3;3*1H. The number of nitrogens with two attached hydrogens (primary N) is 2. The maximum Gasteiger partial charge on any atom is 0.00975 e. The Hall–Kier alpha value is 0.790. The van der Waals surface area contributed by atoms with Crippen molar-refractivity contribution in [2.45, 2.75) is 32.2 Å². The molecule has 0 saturated heterocycles. The predicted molar refractivity (Wildman–Crippen MR) is 58.3 cm³/mol. The first kappa shape index (κ1) is 22.6. The lowest BCUT2D eigenvalue weighted by atomic mass is 10.0. The van der Waals surface area contributed by atoms with E-state index in [1.165, 1.54) is 0 Å². The van der Waals surface area contributed by atoms with Crippen molar-refractivity contribution in [2.24, 2.45) is 11.5 Å². The molecule has 0 rings (SSSR count). The van der Waals surface area contributed by atoms with Gasteiger partial charge in [-0.2, -0.15) is 0 Å². The molecule has 0 aliphatic rings. The summed E-state index contributed by atoms with van der Waals surface area (Å²) in [6.07, 6.45) is 2.05. The molecule has 0 heterocycles. The Morgan fingerprint density at radius 3 is 1.55 bits per heavy atom. The fourth-order valence-corrected chi connectivity index (χ4v) is 0.558. The van der Waals surface area contributed by atoms with Crippen LogP contribution < -0.4 is 11.5 Å². The van der Waals surface area contributed by atoms with E-state index < -0.39 is 0 Å². The lowest BCUT2D eigenvalue weighted by Crippen LogP contribution is -2.32. The van der Waals surface area contributed by atoms with Crippen molar-refractivity contribution >= 4 is 37.2 Å². The molecule has 0 aromatic heterocycles. The van der Waals surface area contributed by atoms with Crippen LogP contribution in [0.3, 0.4) is 0 Å². The van der Waals surface area contributed by atoms with Crippen LogP contribution in [0.1, 0.15) is 26.7 Å². The zero-order valence-electron chi connectivity index (χ0n) is 7.00. The summed E-state index contributed by atoms with van der Waals surface area (Å²) in [5.41, 5.74) is 10.9. The molecule has 0 radical (unpaired) electrons. The monoisotopic (exact) mass is 224 g/mol. The average molecular weight is 226 g/mol. The molecule has 0 aromatic rings. The molecule has 4 N–H and O–H groups in total. The summed E-state index contributed by atoms with van der Waals surface area (Å²) >= 11 is 0. The molecule has 0 aliphatic heterocycles. The van der Waals surface area contributed by atoms with Gasteiger partial charge in [0.15, 0.2) is 0 Å². The second-order valence-corrected chi connectivity index (χ2v) is 2.88. The molecule has 0 bridgehead atoms. The highest BCUT2D eigenvalue weighted by atomic mass is 35.5. The van der Waals surface area contributed by atoms with E-state index in [2.05, 4.69) is 0 Å². The summed E-state index contributed by atoms with van der Waals surface area (Å²) < 4.78 is 0. The first-order chi connectivity index (χ1) is 3.56. The Morgan fingerprint density at radius 2 is 1.45 bits per heavy atom. The Bertz CT molecular complexity index is 63.3. The molecular weight excluding hydrogens is 206 g/mol. The summed E-state index contributed by atoms with van der Waals surface area (Å²) in [6, 6.07) is 0. The van der Waals surface area contributed by atoms with E-state index in [1.807, 2.05) is 13.8 Å². The lowest BCUT2D eigenvalue weighted by molar-refractivity contribution is 0.462. The van der Waals surface area contributed by atoms with E-state index in [9.17, 15) is 0 Å². The minimum Gasteiger partial charge on any atom is -0.330 e. The Kier molecular flexibility index (Phi) is 22.2. The Morgan fingerprint density at radius 1 is 1.09 bits per heavy atom. The van der Waals surface area contributed by atoms with Gasteiger partial charge in [0.1, 0.15) is 0 Å². The van der Waals surface area contributed by atoms with Crippen LogP contribution >= 0.6 is 37.2 Å². The summed E-state index contributed by atoms with van der Waals surface area (Å²) in [6.45, 7) is 4.78. The van der Waals surface area contributed by atoms with Crippen LogP contribution in [0, 0.1) is 0 Å². The van der Waals surface area contributed by atoms with Crippen molar-refractivity contribution in [3.8, 4) is 0 Å². The van der Waals surface area contributed by atoms with E-state index in [0.29, 0.717) is 0 Å². The van der Waals surface area contributed by atoms with Gasteiger partial charge in [0, 0.05) is 5.54 Å². The molecule has 0 aliphatic carbocycles. The van der Waals surface area contributed by atoms with Gasteiger partial charge >= 0.3 is 0 Å². The maximum absolute atomic E-state index is 5.67. The molecule has 0 saturated carbocycles. The molecular formula is C6H19Cl3N2. The summed E-state index contributed by atoms with van der Waals surface area (Å²) in [7, 11) is 0. The van der Waals surface area contributed by atoms with E-state index in [-0.39, 0.29) is 42.8 Å². The lowest BCUT2D eigenvalue weighted by Gasteiger charge is -2.16. The predicted octanol–water partition coefficient (Wildman–Crippen LogP) is 1.73. The van der Waals surface area contributed by atoms with Crippen LogP contribution in [0.4, 0.5) is 0 Å². The SMILES string of the molecule is CC(C)(N)CCCN.Cl.Cl.Cl. The van der Waals surface area contributed by atoms with Gasteiger partial charge in [0.05, 0.1) is 0 Å². The van der Waals surface area contributed by atoms with Gasteiger partial charge in [-0.15, -0.1) is 37.2 Å². The van der Waals surface area contributed by atoms with Crippen molar-refractivity contribution in [1.82, 2.24) is 0 Å². The first-order valence-electron chi connectivity index (χ1n) is 3.05. The zero-order chi connectivity index (χ0) is 6.62. The molecule has 0 aromatic carbocycles. The highest BCUT2D eigenvalue weighted by Gasteiger charge is 2.07. The highest BCUT2D eigenvalue weighted by Crippen LogP contribution is 2.04. The van der Waals surface area contributed by atoms with Crippen molar-refractivity contribution < 1.29 is 0 Å². The molecule has 0 unspecified atom stereocenters. The van der Waals surface area contributed by atoms with Crippen molar-refractivity contribution in [1.29, 1.82) is 0 Å². The van der Waals surface area contributed by atoms with E-state index >= 15 is 0 Å². The third-order valence-electron chi connectivity index (χ3n) is 1.03. The van der Waals surface area contributed by atoms with Crippen LogP contribution in [-0.4, -0.2) is 12.1 Å². The van der Waals surface area contributed by atoms with Crippen molar-refractivity contribution in [3.05, 3.63) is 0 Å². The molecule has 74 valence electrons. The second kappa shape index (κ2) is 10.8. The third kappa shape index (κ3) is 24.9. The van der Waals surface area contributed by atoms with Crippen LogP contribution in [0.2, 0.25) is 0 Å². The molecule has 0 spiro atoms. The second-order valence-electron chi connectivity index (χ2n) is 2.88. The third-order valence-corrected chi connectivity index (χ3v) is 1.03. The Balaban J connectivity index is -0.0000000817. The molecule has 2 nitrogen and oxygen atoms in total. The van der Waals surface area contributed by atoms with Crippen LogP contribution in [0.15, 0.2) is 0 Å².